The SMILES string of the molecule is Cc1cn([C@H]2O[C@@](C)(CO)[C@](C)(O)[C@@]2(C)F)c(=O)[nH]c1=O. The molecular formula is C13H19FN2O5. The second kappa shape index (κ2) is 4.49. The summed E-state index contributed by atoms with van der Waals surface area (Å²) in [5.74, 6) is 0. The predicted molar refractivity (Wildman–Crippen MR) is 71.8 cm³/mol. The zero-order chi connectivity index (χ0) is 16.2. The molecule has 2 rings (SSSR count). The Morgan fingerprint density at radius 2 is 2.00 bits per heavy atom. The zero-order valence-electron chi connectivity index (χ0n) is 12.3. The molecule has 118 valence electrons. The molecule has 1 aliphatic rings. The Hall–Kier alpha value is -1.51. The van der Waals surface area contributed by atoms with Gasteiger partial charge in [-0.3, -0.25) is 14.3 Å². The Morgan fingerprint density at radius 3 is 2.48 bits per heavy atom. The molecule has 1 aromatic heterocycles. The maximum atomic E-state index is 15.1. The number of nitrogens with zero attached hydrogens (tertiary/aromatic N) is 1. The number of aliphatic hydroxyl groups is 2. The minimum Gasteiger partial charge on any atom is -0.393 e. The van der Waals surface area contributed by atoms with Crippen molar-refractivity contribution in [2.75, 3.05) is 6.61 Å². The van der Waals surface area contributed by atoms with Crippen molar-refractivity contribution < 1.29 is 19.3 Å². The van der Waals surface area contributed by atoms with Crippen molar-refractivity contribution >= 4 is 0 Å². The summed E-state index contributed by atoms with van der Waals surface area (Å²) < 4.78 is 21.4. The van der Waals surface area contributed by atoms with E-state index < -0.39 is 41.0 Å². The molecule has 3 N–H and O–H groups in total. The molecule has 0 bridgehead atoms. The van der Waals surface area contributed by atoms with Crippen LogP contribution in [0.2, 0.25) is 0 Å². The van der Waals surface area contributed by atoms with Gasteiger partial charge in [0.1, 0.15) is 11.2 Å². The van der Waals surface area contributed by atoms with E-state index >= 15 is 4.39 Å². The molecule has 0 aliphatic carbocycles. The summed E-state index contributed by atoms with van der Waals surface area (Å²) in [5.41, 5.74) is -7.22. The van der Waals surface area contributed by atoms with Crippen LogP contribution in [0.5, 0.6) is 0 Å². The van der Waals surface area contributed by atoms with E-state index in [-0.39, 0.29) is 5.56 Å². The normalized spacial score (nSPS) is 39.7. The first-order valence-corrected chi connectivity index (χ1v) is 6.50. The molecule has 0 unspecified atom stereocenters. The smallest absolute Gasteiger partial charge is 0.330 e. The van der Waals surface area contributed by atoms with E-state index in [9.17, 15) is 19.8 Å². The molecule has 1 aromatic rings. The van der Waals surface area contributed by atoms with Crippen LogP contribution in [0, 0.1) is 6.92 Å². The Balaban J connectivity index is 2.64. The number of aliphatic hydroxyl groups excluding tert-OH is 1. The number of hydrogen-bond donors (Lipinski definition) is 3. The quantitative estimate of drug-likeness (QED) is 0.690. The Morgan fingerprint density at radius 1 is 1.43 bits per heavy atom. The fourth-order valence-corrected chi connectivity index (χ4v) is 2.50. The molecule has 0 radical (unpaired) electrons. The number of ether oxygens (including phenoxy) is 1. The molecule has 8 heteroatoms. The van der Waals surface area contributed by atoms with E-state index in [1.165, 1.54) is 27.0 Å². The average Bonchev–Trinajstić information content (AvgIpc) is 2.52. The van der Waals surface area contributed by atoms with Crippen LogP contribution >= 0.6 is 0 Å². The van der Waals surface area contributed by atoms with Crippen molar-refractivity contribution in [2.24, 2.45) is 0 Å². The van der Waals surface area contributed by atoms with Gasteiger partial charge in [0.2, 0.25) is 0 Å². The van der Waals surface area contributed by atoms with Crippen molar-refractivity contribution in [3.63, 3.8) is 0 Å². The molecule has 0 aromatic carbocycles. The summed E-state index contributed by atoms with van der Waals surface area (Å²) in [6.45, 7) is 4.47. The molecule has 21 heavy (non-hydrogen) atoms. The first-order chi connectivity index (χ1) is 9.48. The van der Waals surface area contributed by atoms with Crippen LogP contribution in [0.25, 0.3) is 0 Å². The van der Waals surface area contributed by atoms with Gasteiger partial charge < -0.3 is 14.9 Å². The molecule has 7 nitrogen and oxygen atoms in total. The van der Waals surface area contributed by atoms with E-state index in [4.69, 9.17) is 4.74 Å². The number of alkyl halides is 1. The summed E-state index contributed by atoms with van der Waals surface area (Å²) >= 11 is 0. The lowest BCUT2D eigenvalue weighted by atomic mass is 9.77. The van der Waals surface area contributed by atoms with E-state index in [1.54, 1.807) is 0 Å². The molecule has 0 saturated carbocycles. The lowest BCUT2D eigenvalue weighted by Crippen LogP contribution is -2.58. The second-order valence-corrected chi connectivity index (χ2v) is 5.99. The molecule has 0 spiro atoms. The van der Waals surface area contributed by atoms with Crippen LogP contribution in [0.4, 0.5) is 4.39 Å². The van der Waals surface area contributed by atoms with Crippen LogP contribution in [0.15, 0.2) is 15.8 Å². The van der Waals surface area contributed by atoms with Gasteiger partial charge in [0.15, 0.2) is 11.9 Å². The van der Waals surface area contributed by atoms with E-state index in [1.807, 2.05) is 0 Å². The highest BCUT2D eigenvalue weighted by atomic mass is 19.1. The molecule has 1 fully saturated rings. The van der Waals surface area contributed by atoms with Gasteiger partial charge in [-0.05, 0) is 27.7 Å². The standard InChI is InChI=1S/C13H19FN2O5/c1-7-5-16(10(19)15-8(7)18)9-12(3,14)13(4,20)11(2,6-17)21-9/h5,9,17,20H,6H2,1-4H3,(H,15,18,19)/t9-,11-,12-,13-/m0/s1. The third-order valence-corrected chi connectivity index (χ3v) is 4.52. The number of nitrogens with one attached hydrogen (secondary N) is 1. The Kier molecular flexibility index (Phi) is 3.39. The van der Waals surface area contributed by atoms with Crippen LogP contribution in [0.1, 0.15) is 32.6 Å². The molecule has 2 heterocycles. The van der Waals surface area contributed by atoms with Crippen LogP contribution in [-0.4, -0.2) is 43.2 Å². The first kappa shape index (κ1) is 15.9. The van der Waals surface area contributed by atoms with E-state index in [2.05, 4.69) is 4.98 Å². The van der Waals surface area contributed by atoms with Crippen molar-refractivity contribution in [2.45, 2.75) is 50.8 Å². The van der Waals surface area contributed by atoms with Crippen LogP contribution in [0.3, 0.4) is 0 Å². The Labute approximate surface area is 120 Å². The summed E-state index contributed by atoms with van der Waals surface area (Å²) in [6.07, 6.45) is -0.309. The van der Waals surface area contributed by atoms with Gasteiger partial charge in [0.25, 0.3) is 5.56 Å². The topological polar surface area (TPSA) is 105 Å². The van der Waals surface area contributed by atoms with E-state index in [0.717, 1.165) is 11.5 Å². The minimum atomic E-state index is -2.36. The maximum Gasteiger partial charge on any atom is 0.330 e. The number of aryl methyl sites for hydroxylation is 1. The van der Waals surface area contributed by atoms with Gasteiger partial charge in [0.05, 0.1) is 6.61 Å². The number of hydrogen-bond acceptors (Lipinski definition) is 5. The number of aromatic amines is 1. The number of halogens is 1. The highest BCUT2D eigenvalue weighted by Crippen LogP contribution is 2.52. The third-order valence-electron chi connectivity index (χ3n) is 4.52. The van der Waals surface area contributed by atoms with Gasteiger partial charge >= 0.3 is 5.69 Å². The van der Waals surface area contributed by atoms with E-state index in [0.29, 0.717) is 0 Å². The summed E-state index contributed by atoms with van der Waals surface area (Å²) in [7, 11) is 0. The van der Waals surface area contributed by atoms with Crippen molar-refractivity contribution in [3.05, 3.63) is 32.6 Å². The van der Waals surface area contributed by atoms with Gasteiger partial charge in [0, 0.05) is 11.8 Å². The Bertz CT molecular complexity index is 678. The lowest BCUT2D eigenvalue weighted by molar-refractivity contribution is -0.152. The van der Waals surface area contributed by atoms with Gasteiger partial charge in [-0.1, -0.05) is 0 Å². The molecule has 4 atom stereocenters. The summed E-state index contributed by atoms with van der Waals surface area (Å²) in [6, 6.07) is 0. The molecule has 1 saturated heterocycles. The fraction of sp³-hybridized carbons (Fsp3) is 0.692. The largest absolute Gasteiger partial charge is 0.393 e. The van der Waals surface area contributed by atoms with Gasteiger partial charge in [-0.2, -0.15) is 0 Å². The lowest BCUT2D eigenvalue weighted by Gasteiger charge is -2.37. The van der Waals surface area contributed by atoms with Crippen LogP contribution in [-0.2, 0) is 4.74 Å². The van der Waals surface area contributed by atoms with Crippen molar-refractivity contribution in [1.29, 1.82) is 0 Å². The zero-order valence-corrected chi connectivity index (χ0v) is 12.3. The van der Waals surface area contributed by atoms with Gasteiger partial charge in [-0.25, -0.2) is 9.18 Å². The number of rotatable bonds is 2. The summed E-state index contributed by atoms with van der Waals surface area (Å²) in [5, 5.41) is 19.9. The highest BCUT2D eigenvalue weighted by Gasteiger charge is 2.68. The fourth-order valence-electron chi connectivity index (χ4n) is 2.50. The number of H-pyrrole nitrogens is 1. The average molecular weight is 302 g/mol. The van der Waals surface area contributed by atoms with Crippen molar-refractivity contribution in [3.8, 4) is 0 Å². The minimum absolute atomic E-state index is 0.200. The molecule has 0 amide bonds. The van der Waals surface area contributed by atoms with Crippen LogP contribution < -0.4 is 11.2 Å². The maximum absolute atomic E-state index is 15.1. The molecule has 1 aliphatic heterocycles. The van der Waals surface area contributed by atoms with Gasteiger partial charge in [-0.15, -0.1) is 0 Å². The second-order valence-electron chi connectivity index (χ2n) is 5.99. The van der Waals surface area contributed by atoms with Crippen molar-refractivity contribution in [1.82, 2.24) is 9.55 Å². The highest BCUT2D eigenvalue weighted by molar-refractivity contribution is 5.16. The monoisotopic (exact) mass is 302 g/mol. The number of aromatic nitrogens is 2. The third kappa shape index (κ3) is 1.97. The molecular weight excluding hydrogens is 283 g/mol. The first-order valence-electron chi connectivity index (χ1n) is 6.50. The predicted octanol–water partition coefficient (Wildman–Crippen LogP) is -0.396. The summed E-state index contributed by atoms with van der Waals surface area (Å²) in [4.78, 5) is 25.3.